The largest absolute Gasteiger partial charge is 0.316 e. The SMILES string of the molecule is CCCC(C)CS(=O)(=O)N1CCCC(NC)C1. The molecule has 0 spiro atoms. The van der Waals surface area contributed by atoms with Crippen LogP contribution in [0.4, 0.5) is 0 Å². The highest BCUT2D eigenvalue weighted by Gasteiger charge is 2.29. The zero-order valence-corrected chi connectivity index (χ0v) is 12.1. The first-order valence-corrected chi connectivity index (χ1v) is 8.25. The Morgan fingerprint density at radius 2 is 2.18 bits per heavy atom. The van der Waals surface area contributed by atoms with Crippen LogP contribution in [0.3, 0.4) is 0 Å². The van der Waals surface area contributed by atoms with Gasteiger partial charge in [0.1, 0.15) is 0 Å². The topological polar surface area (TPSA) is 49.4 Å². The van der Waals surface area contributed by atoms with E-state index in [4.69, 9.17) is 0 Å². The molecule has 0 amide bonds. The highest BCUT2D eigenvalue weighted by atomic mass is 32.2. The first-order valence-electron chi connectivity index (χ1n) is 6.64. The van der Waals surface area contributed by atoms with Crippen LogP contribution >= 0.6 is 0 Å². The molecule has 1 fully saturated rings. The fraction of sp³-hybridized carbons (Fsp3) is 1.00. The van der Waals surface area contributed by atoms with Gasteiger partial charge in [-0.25, -0.2) is 12.7 Å². The van der Waals surface area contributed by atoms with Gasteiger partial charge in [0.15, 0.2) is 0 Å². The number of piperidine rings is 1. The molecule has 0 bridgehead atoms. The average Bonchev–Trinajstić information content (AvgIpc) is 2.28. The molecule has 1 aliphatic rings. The van der Waals surface area contributed by atoms with Gasteiger partial charge in [-0.2, -0.15) is 0 Å². The van der Waals surface area contributed by atoms with Crippen LogP contribution in [-0.2, 0) is 10.0 Å². The van der Waals surface area contributed by atoms with Crippen molar-refractivity contribution in [1.82, 2.24) is 9.62 Å². The molecule has 0 aliphatic carbocycles. The molecule has 102 valence electrons. The van der Waals surface area contributed by atoms with Gasteiger partial charge in [-0.3, -0.25) is 0 Å². The molecule has 2 atom stereocenters. The summed E-state index contributed by atoms with van der Waals surface area (Å²) >= 11 is 0. The van der Waals surface area contributed by atoms with Gasteiger partial charge in [0, 0.05) is 19.1 Å². The minimum atomic E-state index is -3.05. The van der Waals surface area contributed by atoms with Crippen molar-refractivity contribution in [2.75, 3.05) is 25.9 Å². The molecule has 4 nitrogen and oxygen atoms in total. The predicted octanol–water partition coefficient (Wildman–Crippen LogP) is 1.44. The zero-order valence-electron chi connectivity index (χ0n) is 11.3. The molecule has 2 unspecified atom stereocenters. The average molecular weight is 262 g/mol. The van der Waals surface area contributed by atoms with Crippen molar-refractivity contribution >= 4 is 10.0 Å². The maximum Gasteiger partial charge on any atom is 0.214 e. The predicted molar refractivity (Wildman–Crippen MR) is 71.5 cm³/mol. The van der Waals surface area contributed by atoms with Gasteiger partial charge in [-0.15, -0.1) is 0 Å². The summed E-state index contributed by atoms with van der Waals surface area (Å²) in [6, 6.07) is 0.319. The third kappa shape index (κ3) is 4.56. The van der Waals surface area contributed by atoms with Gasteiger partial charge in [-0.05, 0) is 32.2 Å². The molecule has 1 saturated heterocycles. The number of likely N-dealkylation sites (N-methyl/N-ethyl adjacent to an activating group) is 1. The second-order valence-electron chi connectivity index (χ2n) is 5.16. The number of hydrogen-bond donors (Lipinski definition) is 1. The van der Waals surface area contributed by atoms with Crippen molar-refractivity contribution < 1.29 is 8.42 Å². The first kappa shape index (κ1) is 14.9. The summed E-state index contributed by atoms with van der Waals surface area (Å²) in [6.45, 7) is 5.46. The Bertz CT molecular complexity index is 316. The van der Waals surface area contributed by atoms with Crippen LogP contribution in [0.25, 0.3) is 0 Å². The van der Waals surface area contributed by atoms with Gasteiger partial charge in [-0.1, -0.05) is 20.3 Å². The van der Waals surface area contributed by atoms with Crippen LogP contribution in [0.1, 0.15) is 39.5 Å². The Labute approximate surface area is 106 Å². The van der Waals surface area contributed by atoms with Crippen molar-refractivity contribution in [2.45, 2.75) is 45.6 Å². The van der Waals surface area contributed by atoms with Crippen LogP contribution in [0.5, 0.6) is 0 Å². The molecule has 0 aromatic rings. The second-order valence-corrected chi connectivity index (χ2v) is 7.17. The van der Waals surface area contributed by atoms with E-state index in [9.17, 15) is 8.42 Å². The summed E-state index contributed by atoms with van der Waals surface area (Å²) in [6.07, 6.45) is 4.08. The molecule has 0 radical (unpaired) electrons. The molecule has 1 N–H and O–H groups in total. The van der Waals surface area contributed by atoms with E-state index >= 15 is 0 Å². The summed E-state index contributed by atoms with van der Waals surface area (Å²) in [5, 5.41) is 3.18. The van der Waals surface area contributed by atoms with Crippen molar-refractivity contribution in [3.05, 3.63) is 0 Å². The maximum absolute atomic E-state index is 12.2. The Balaban J connectivity index is 2.57. The highest BCUT2D eigenvalue weighted by Crippen LogP contribution is 2.17. The van der Waals surface area contributed by atoms with Crippen LogP contribution in [-0.4, -0.2) is 44.7 Å². The lowest BCUT2D eigenvalue weighted by Crippen LogP contribution is -2.48. The second kappa shape index (κ2) is 6.71. The molecule has 0 aromatic heterocycles. The van der Waals surface area contributed by atoms with E-state index in [1.807, 2.05) is 14.0 Å². The number of sulfonamides is 1. The maximum atomic E-state index is 12.2. The molecule has 17 heavy (non-hydrogen) atoms. The van der Waals surface area contributed by atoms with Crippen molar-refractivity contribution in [2.24, 2.45) is 5.92 Å². The highest BCUT2D eigenvalue weighted by molar-refractivity contribution is 7.89. The molecule has 1 heterocycles. The number of nitrogens with zero attached hydrogens (tertiary/aromatic N) is 1. The summed E-state index contributed by atoms with van der Waals surface area (Å²) in [7, 11) is -1.15. The fourth-order valence-corrected chi connectivity index (χ4v) is 4.38. The monoisotopic (exact) mass is 262 g/mol. The van der Waals surface area contributed by atoms with Crippen LogP contribution < -0.4 is 5.32 Å². The van der Waals surface area contributed by atoms with Gasteiger partial charge in [0.2, 0.25) is 10.0 Å². The van der Waals surface area contributed by atoms with E-state index in [1.54, 1.807) is 4.31 Å². The lowest BCUT2D eigenvalue weighted by Gasteiger charge is -2.32. The Kier molecular flexibility index (Phi) is 5.89. The third-order valence-electron chi connectivity index (χ3n) is 3.46. The van der Waals surface area contributed by atoms with Crippen LogP contribution in [0.2, 0.25) is 0 Å². The van der Waals surface area contributed by atoms with Gasteiger partial charge < -0.3 is 5.32 Å². The number of hydrogen-bond acceptors (Lipinski definition) is 3. The van der Waals surface area contributed by atoms with E-state index in [-0.39, 0.29) is 5.92 Å². The molecule has 1 rings (SSSR count). The van der Waals surface area contributed by atoms with Gasteiger partial charge >= 0.3 is 0 Å². The van der Waals surface area contributed by atoms with E-state index in [0.717, 1.165) is 25.7 Å². The number of nitrogens with one attached hydrogen (secondary N) is 1. The molecule has 5 heteroatoms. The summed E-state index contributed by atoms with van der Waals surface area (Å²) < 4.78 is 26.1. The summed E-state index contributed by atoms with van der Waals surface area (Å²) in [5.41, 5.74) is 0. The quantitative estimate of drug-likeness (QED) is 0.788. The van der Waals surface area contributed by atoms with Crippen molar-refractivity contribution in [3.63, 3.8) is 0 Å². The smallest absolute Gasteiger partial charge is 0.214 e. The Morgan fingerprint density at radius 3 is 2.76 bits per heavy atom. The third-order valence-corrected chi connectivity index (χ3v) is 5.57. The molecule has 0 saturated carbocycles. The fourth-order valence-electron chi connectivity index (χ4n) is 2.47. The minimum absolute atomic E-state index is 0.264. The standard InChI is InChI=1S/C12H26N2O2S/c1-4-6-11(2)10-17(15,16)14-8-5-7-12(9-14)13-3/h11-13H,4-10H2,1-3H3. The summed E-state index contributed by atoms with van der Waals surface area (Å²) in [4.78, 5) is 0. The van der Waals surface area contributed by atoms with Crippen LogP contribution in [0, 0.1) is 5.92 Å². The van der Waals surface area contributed by atoms with E-state index < -0.39 is 10.0 Å². The lowest BCUT2D eigenvalue weighted by molar-refractivity contribution is 0.291. The first-order chi connectivity index (χ1) is 7.99. The molecule has 1 aliphatic heterocycles. The lowest BCUT2D eigenvalue weighted by atomic mass is 10.1. The van der Waals surface area contributed by atoms with Crippen molar-refractivity contribution in [1.29, 1.82) is 0 Å². The van der Waals surface area contributed by atoms with E-state index in [1.165, 1.54) is 0 Å². The molecular formula is C12H26N2O2S. The van der Waals surface area contributed by atoms with Crippen LogP contribution in [0.15, 0.2) is 0 Å². The number of rotatable bonds is 6. The van der Waals surface area contributed by atoms with Gasteiger partial charge in [0.05, 0.1) is 5.75 Å². The zero-order chi connectivity index (χ0) is 12.9. The van der Waals surface area contributed by atoms with Gasteiger partial charge in [0.25, 0.3) is 0 Å². The Morgan fingerprint density at radius 1 is 1.47 bits per heavy atom. The summed E-state index contributed by atoms with van der Waals surface area (Å²) in [5.74, 6) is 0.567. The van der Waals surface area contributed by atoms with Crippen molar-refractivity contribution in [3.8, 4) is 0 Å². The van der Waals surface area contributed by atoms with E-state index in [0.29, 0.717) is 24.9 Å². The minimum Gasteiger partial charge on any atom is -0.316 e. The Hall–Kier alpha value is -0.130. The molecule has 0 aromatic carbocycles. The van der Waals surface area contributed by atoms with E-state index in [2.05, 4.69) is 12.2 Å². The normalized spacial score (nSPS) is 24.8. The molecular weight excluding hydrogens is 236 g/mol.